The highest BCUT2D eigenvalue weighted by molar-refractivity contribution is 5.75. The number of likely N-dealkylation sites (N-methyl/N-ethyl adjacent to an activating group) is 1. The SMILES string of the molecule is CCN(CC(C)(C)O)C(C)CCC(=O)NN. The Morgan fingerprint density at radius 3 is 2.50 bits per heavy atom. The van der Waals surface area contributed by atoms with E-state index < -0.39 is 5.60 Å². The molecule has 1 amide bonds. The minimum Gasteiger partial charge on any atom is -0.389 e. The number of amides is 1. The van der Waals surface area contributed by atoms with Crippen molar-refractivity contribution in [1.29, 1.82) is 0 Å². The van der Waals surface area contributed by atoms with Gasteiger partial charge in [-0.05, 0) is 33.7 Å². The quantitative estimate of drug-likeness (QED) is 0.333. The molecule has 5 nitrogen and oxygen atoms in total. The van der Waals surface area contributed by atoms with E-state index in [-0.39, 0.29) is 11.9 Å². The summed E-state index contributed by atoms with van der Waals surface area (Å²) in [6, 6.07) is 0.258. The molecule has 0 heterocycles. The molecule has 1 unspecified atom stereocenters. The first-order valence-electron chi connectivity index (χ1n) is 5.76. The van der Waals surface area contributed by atoms with Crippen molar-refractivity contribution in [3.05, 3.63) is 0 Å². The molecule has 0 spiro atoms. The lowest BCUT2D eigenvalue weighted by Crippen LogP contribution is -2.43. The summed E-state index contributed by atoms with van der Waals surface area (Å²) in [6.07, 6.45) is 1.16. The Morgan fingerprint density at radius 2 is 2.12 bits per heavy atom. The number of nitrogens with one attached hydrogen (secondary N) is 1. The molecular formula is C11H25N3O2. The molecule has 0 saturated carbocycles. The lowest BCUT2D eigenvalue weighted by atomic mass is 10.1. The molecule has 1 atom stereocenters. The Morgan fingerprint density at radius 1 is 1.56 bits per heavy atom. The van der Waals surface area contributed by atoms with Crippen LogP contribution in [0, 0.1) is 0 Å². The highest BCUT2D eigenvalue weighted by Crippen LogP contribution is 2.11. The predicted molar refractivity (Wildman–Crippen MR) is 64.6 cm³/mol. The van der Waals surface area contributed by atoms with Gasteiger partial charge in [0.25, 0.3) is 0 Å². The van der Waals surface area contributed by atoms with Gasteiger partial charge in [0.1, 0.15) is 0 Å². The van der Waals surface area contributed by atoms with Gasteiger partial charge in [-0.2, -0.15) is 0 Å². The summed E-state index contributed by atoms with van der Waals surface area (Å²) < 4.78 is 0. The van der Waals surface area contributed by atoms with Crippen LogP contribution in [-0.4, -0.2) is 40.6 Å². The molecule has 4 N–H and O–H groups in total. The summed E-state index contributed by atoms with van der Waals surface area (Å²) in [6.45, 7) is 9.14. The topological polar surface area (TPSA) is 78.6 Å². The maximum Gasteiger partial charge on any atom is 0.233 e. The van der Waals surface area contributed by atoms with Gasteiger partial charge in [-0.25, -0.2) is 5.84 Å². The summed E-state index contributed by atoms with van der Waals surface area (Å²) in [5, 5.41) is 9.75. The number of hydrazine groups is 1. The average molecular weight is 231 g/mol. The van der Waals surface area contributed by atoms with Crippen LogP contribution in [0.25, 0.3) is 0 Å². The van der Waals surface area contributed by atoms with E-state index in [0.717, 1.165) is 13.0 Å². The van der Waals surface area contributed by atoms with Crippen LogP contribution >= 0.6 is 0 Å². The molecule has 0 fully saturated rings. The van der Waals surface area contributed by atoms with Crippen LogP contribution in [0.2, 0.25) is 0 Å². The fraction of sp³-hybridized carbons (Fsp3) is 0.909. The Balaban J connectivity index is 4.10. The third-order valence-corrected chi connectivity index (χ3v) is 2.57. The summed E-state index contributed by atoms with van der Waals surface area (Å²) in [4.78, 5) is 13.2. The highest BCUT2D eigenvalue weighted by Gasteiger charge is 2.21. The van der Waals surface area contributed by atoms with Crippen LogP contribution in [0.15, 0.2) is 0 Å². The zero-order chi connectivity index (χ0) is 12.8. The number of carbonyl (C=O) groups excluding carboxylic acids is 1. The Hall–Kier alpha value is -0.650. The molecule has 0 aliphatic carbocycles. The van der Waals surface area contributed by atoms with Crippen LogP contribution in [0.5, 0.6) is 0 Å². The molecule has 16 heavy (non-hydrogen) atoms. The molecule has 0 aliphatic rings. The number of aliphatic hydroxyl groups is 1. The van der Waals surface area contributed by atoms with Crippen molar-refractivity contribution in [1.82, 2.24) is 10.3 Å². The average Bonchev–Trinajstić information content (AvgIpc) is 2.20. The van der Waals surface area contributed by atoms with Crippen LogP contribution in [-0.2, 0) is 4.79 Å². The summed E-state index contributed by atoms with van der Waals surface area (Å²) in [5.41, 5.74) is 1.41. The van der Waals surface area contributed by atoms with Crippen molar-refractivity contribution in [3.8, 4) is 0 Å². The molecular weight excluding hydrogens is 206 g/mol. The van der Waals surface area contributed by atoms with Crippen LogP contribution in [0.4, 0.5) is 0 Å². The molecule has 5 heteroatoms. The van der Waals surface area contributed by atoms with Gasteiger partial charge in [0.05, 0.1) is 5.60 Å². The Kier molecular flexibility index (Phi) is 6.55. The fourth-order valence-corrected chi connectivity index (χ4v) is 1.67. The van der Waals surface area contributed by atoms with Gasteiger partial charge in [-0.15, -0.1) is 0 Å². The van der Waals surface area contributed by atoms with Crippen molar-refractivity contribution in [2.24, 2.45) is 5.84 Å². The minimum absolute atomic E-state index is 0.147. The van der Waals surface area contributed by atoms with Crippen molar-refractivity contribution < 1.29 is 9.90 Å². The molecule has 0 bridgehead atoms. The van der Waals surface area contributed by atoms with E-state index in [1.807, 2.05) is 6.92 Å². The van der Waals surface area contributed by atoms with E-state index in [2.05, 4.69) is 17.2 Å². The first-order chi connectivity index (χ1) is 7.30. The Labute approximate surface area is 98.0 Å². The molecule has 0 aliphatic heterocycles. The van der Waals surface area contributed by atoms with E-state index >= 15 is 0 Å². The van der Waals surface area contributed by atoms with Gasteiger partial charge >= 0.3 is 0 Å². The lowest BCUT2D eigenvalue weighted by Gasteiger charge is -2.32. The van der Waals surface area contributed by atoms with E-state index in [9.17, 15) is 9.90 Å². The second kappa shape index (κ2) is 6.83. The molecule has 0 rings (SSSR count). The predicted octanol–water partition coefficient (Wildman–Crippen LogP) is 0.238. The molecule has 0 saturated heterocycles. The summed E-state index contributed by atoms with van der Waals surface area (Å²) >= 11 is 0. The van der Waals surface area contributed by atoms with Crippen LogP contribution < -0.4 is 11.3 Å². The number of hydrogen-bond donors (Lipinski definition) is 3. The lowest BCUT2D eigenvalue weighted by molar-refractivity contribution is -0.121. The van der Waals surface area contributed by atoms with Gasteiger partial charge in [0.15, 0.2) is 0 Å². The second-order valence-corrected chi connectivity index (χ2v) is 4.83. The zero-order valence-corrected chi connectivity index (χ0v) is 10.8. The monoisotopic (exact) mass is 231 g/mol. The van der Waals surface area contributed by atoms with Gasteiger partial charge in [0, 0.05) is 19.0 Å². The van der Waals surface area contributed by atoms with Gasteiger partial charge in [0.2, 0.25) is 5.91 Å². The third-order valence-electron chi connectivity index (χ3n) is 2.57. The molecule has 96 valence electrons. The normalized spacial score (nSPS) is 13.9. The van der Waals surface area contributed by atoms with Crippen molar-refractivity contribution >= 4 is 5.91 Å². The standard InChI is InChI=1S/C11H25N3O2/c1-5-14(8-11(3,4)16)9(2)6-7-10(15)13-12/h9,16H,5-8,12H2,1-4H3,(H,13,15). The molecule has 0 aromatic heterocycles. The number of carbonyl (C=O) groups is 1. The minimum atomic E-state index is -0.708. The van der Waals surface area contributed by atoms with Gasteiger partial charge in [-0.3, -0.25) is 15.1 Å². The van der Waals surface area contributed by atoms with Crippen molar-refractivity contribution in [2.45, 2.75) is 52.2 Å². The second-order valence-electron chi connectivity index (χ2n) is 4.83. The van der Waals surface area contributed by atoms with Gasteiger partial charge in [-0.1, -0.05) is 6.92 Å². The van der Waals surface area contributed by atoms with Gasteiger partial charge < -0.3 is 5.11 Å². The van der Waals surface area contributed by atoms with E-state index in [0.29, 0.717) is 13.0 Å². The largest absolute Gasteiger partial charge is 0.389 e. The molecule has 0 radical (unpaired) electrons. The highest BCUT2D eigenvalue weighted by atomic mass is 16.3. The number of nitrogens with zero attached hydrogens (tertiary/aromatic N) is 1. The molecule has 0 aromatic carbocycles. The van der Waals surface area contributed by atoms with Crippen LogP contribution in [0.1, 0.15) is 40.5 Å². The maximum atomic E-state index is 11.0. The Bertz CT molecular complexity index is 214. The number of hydrogen-bond acceptors (Lipinski definition) is 4. The number of rotatable bonds is 7. The zero-order valence-electron chi connectivity index (χ0n) is 10.8. The molecule has 0 aromatic rings. The van der Waals surface area contributed by atoms with Crippen molar-refractivity contribution in [2.75, 3.05) is 13.1 Å². The fourth-order valence-electron chi connectivity index (χ4n) is 1.67. The third kappa shape index (κ3) is 6.76. The van der Waals surface area contributed by atoms with E-state index in [1.165, 1.54) is 0 Å². The maximum absolute atomic E-state index is 11.0. The summed E-state index contributed by atoms with van der Waals surface area (Å²) in [5.74, 6) is 4.87. The van der Waals surface area contributed by atoms with E-state index in [1.54, 1.807) is 13.8 Å². The van der Waals surface area contributed by atoms with Crippen molar-refractivity contribution in [3.63, 3.8) is 0 Å². The number of nitrogens with two attached hydrogens (primary N) is 1. The smallest absolute Gasteiger partial charge is 0.233 e. The first kappa shape index (κ1) is 15.3. The summed E-state index contributed by atoms with van der Waals surface area (Å²) in [7, 11) is 0. The van der Waals surface area contributed by atoms with Crippen LogP contribution in [0.3, 0.4) is 0 Å². The van der Waals surface area contributed by atoms with E-state index in [4.69, 9.17) is 5.84 Å². The first-order valence-corrected chi connectivity index (χ1v) is 5.76.